The van der Waals surface area contributed by atoms with E-state index >= 15 is 0 Å². The number of hydrogen-bond donors (Lipinski definition) is 1. The fourth-order valence-electron chi connectivity index (χ4n) is 3.21. The Kier molecular flexibility index (Phi) is 6.08. The maximum absolute atomic E-state index is 12.2. The Hall–Kier alpha value is -1.88. The number of amides is 1. The minimum atomic E-state index is -0.0161. The van der Waals surface area contributed by atoms with E-state index in [1.165, 1.54) is 5.56 Å². The van der Waals surface area contributed by atoms with Gasteiger partial charge in [-0.25, -0.2) is 0 Å². The number of nitrogens with zero attached hydrogens (tertiary/aromatic N) is 2. The third-order valence-electron chi connectivity index (χ3n) is 4.75. The first-order valence-corrected chi connectivity index (χ1v) is 9.07. The fourth-order valence-corrected chi connectivity index (χ4v) is 3.39. The van der Waals surface area contributed by atoms with Crippen molar-refractivity contribution >= 4 is 23.2 Å². The quantitative estimate of drug-likeness (QED) is 0.887. The van der Waals surface area contributed by atoms with E-state index in [2.05, 4.69) is 46.3 Å². The summed E-state index contributed by atoms with van der Waals surface area (Å²) in [5, 5.41) is 3.46. The summed E-state index contributed by atoms with van der Waals surface area (Å²) in [5.74, 6) is -0.0161. The lowest BCUT2D eigenvalue weighted by atomic mass is 10.1. The number of anilines is 1. The van der Waals surface area contributed by atoms with Gasteiger partial charge in [0.05, 0.1) is 17.3 Å². The van der Waals surface area contributed by atoms with Crippen molar-refractivity contribution in [3.8, 4) is 0 Å². The van der Waals surface area contributed by atoms with Crippen molar-refractivity contribution in [2.24, 2.45) is 0 Å². The number of halogens is 1. The summed E-state index contributed by atoms with van der Waals surface area (Å²) >= 11 is 6.09. The molecular weight excluding hydrogens is 334 g/mol. The number of para-hydroxylation sites is 1. The van der Waals surface area contributed by atoms with Crippen LogP contribution in [0.3, 0.4) is 0 Å². The molecule has 1 aliphatic heterocycles. The molecule has 5 heteroatoms. The number of benzene rings is 2. The second kappa shape index (κ2) is 8.48. The van der Waals surface area contributed by atoms with Gasteiger partial charge in [-0.2, -0.15) is 0 Å². The maximum atomic E-state index is 12.2. The number of carbonyl (C=O) groups is 1. The molecule has 1 atom stereocenters. The molecule has 0 bridgehead atoms. The van der Waals surface area contributed by atoms with Crippen LogP contribution in [-0.2, 0) is 4.79 Å². The summed E-state index contributed by atoms with van der Waals surface area (Å²) in [6, 6.07) is 18.3. The van der Waals surface area contributed by atoms with Crippen molar-refractivity contribution in [1.29, 1.82) is 0 Å². The van der Waals surface area contributed by atoms with E-state index in [0.717, 1.165) is 26.2 Å². The molecule has 2 aromatic carbocycles. The third kappa shape index (κ3) is 4.82. The van der Waals surface area contributed by atoms with Crippen molar-refractivity contribution in [3.63, 3.8) is 0 Å². The molecule has 132 valence electrons. The molecule has 1 fully saturated rings. The molecule has 1 aliphatic rings. The lowest BCUT2D eigenvalue weighted by Gasteiger charge is -2.38. The van der Waals surface area contributed by atoms with Gasteiger partial charge in [-0.05, 0) is 24.6 Å². The van der Waals surface area contributed by atoms with Crippen molar-refractivity contribution in [3.05, 3.63) is 65.2 Å². The van der Waals surface area contributed by atoms with Gasteiger partial charge in [0.15, 0.2) is 0 Å². The van der Waals surface area contributed by atoms with Gasteiger partial charge in [0, 0.05) is 32.2 Å². The highest BCUT2D eigenvalue weighted by atomic mass is 35.5. The normalized spacial score (nSPS) is 17.2. The highest BCUT2D eigenvalue weighted by Crippen LogP contribution is 2.22. The molecule has 1 N–H and O–H groups in total. The Bertz CT molecular complexity index is 699. The van der Waals surface area contributed by atoms with Gasteiger partial charge in [-0.3, -0.25) is 14.6 Å². The molecule has 25 heavy (non-hydrogen) atoms. The summed E-state index contributed by atoms with van der Waals surface area (Å²) in [4.78, 5) is 16.9. The number of nitrogens with one attached hydrogen (secondary N) is 1. The first-order valence-electron chi connectivity index (χ1n) is 8.69. The summed E-state index contributed by atoms with van der Waals surface area (Å²) in [5.41, 5.74) is 2.01. The minimum absolute atomic E-state index is 0.0161. The first kappa shape index (κ1) is 17.9. The number of carbonyl (C=O) groups excluding carboxylic acids is 1. The zero-order chi connectivity index (χ0) is 17.6. The van der Waals surface area contributed by atoms with E-state index in [9.17, 15) is 4.79 Å². The van der Waals surface area contributed by atoms with Crippen molar-refractivity contribution < 1.29 is 4.79 Å². The van der Waals surface area contributed by atoms with Gasteiger partial charge in [-0.1, -0.05) is 54.1 Å². The van der Waals surface area contributed by atoms with Crippen LogP contribution < -0.4 is 5.32 Å². The van der Waals surface area contributed by atoms with Crippen molar-refractivity contribution in [1.82, 2.24) is 9.80 Å². The molecule has 0 unspecified atom stereocenters. The second-order valence-electron chi connectivity index (χ2n) is 6.43. The van der Waals surface area contributed by atoms with Crippen LogP contribution in [0.5, 0.6) is 0 Å². The van der Waals surface area contributed by atoms with E-state index in [1.807, 2.05) is 24.3 Å². The standard InChI is InChI=1S/C20H24ClN3O/c1-16(17-7-3-2-4-8-17)24-13-11-23(12-14-24)15-20(25)22-19-10-6-5-9-18(19)21/h2-10,16H,11-15H2,1H3,(H,22,25)/t16-/m0/s1. The summed E-state index contributed by atoms with van der Waals surface area (Å²) in [6.45, 7) is 6.37. The van der Waals surface area contributed by atoms with E-state index in [0.29, 0.717) is 23.3 Å². The Morgan fingerprint density at radius 3 is 2.36 bits per heavy atom. The average molecular weight is 358 g/mol. The highest BCUT2D eigenvalue weighted by molar-refractivity contribution is 6.33. The van der Waals surface area contributed by atoms with Gasteiger partial charge < -0.3 is 5.32 Å². The molecule has 3 rings (SSSR count). The minimum Gasteiger partial charge on any atom is -0.324 e. The SMILES string of the molecule is C[C@@H](c1ccccc1)N1CCN(CC(=O)Nc2ccccc2Cl)CC1. The molecule has 0 radical (unpaired) electrons. The van der Waals surface area contributed by atoms with Crippen LogP contribution in [0.1, 0.15) is 18.5 Å². The predicted molar refractivity (Wildman–Crippen MR) is 103 cm³/mol. The van der Waals surface area contributed by atoms with E-state index in [-0.39, 0.29) is 5.91 Å². The van der Waals surface area contributed by atoms with Crippen LogP contribution in [-0.4, -0.2) is 48.4 Å². The first-order chi connectivity index (χ1) is 12.1. The number of hydrogen-bond acceptors (Lipinski definition) is 3. The molecule has 0 aromatic heterocycles. The van der Waals surface area contributed by atoms with Crippen LogP contribution in [0, 0.1) is 0 Å². The Morgan fingerprint density at radius 2 is 1.68 bits per heavy atom. The molecule has 1 saturated heterocycles. The summed E-state index contributed by atoms with van der Waals surface area (Å²) in [6.07, 6.45) is 0. The zero-order valence-electron chi connectivity index (χ0n) is 14.5. The number of piperazine rings is 1. The summed E-state index contributed by atoms with van der Waals surface area (Å²) < 4.78 is 0. The Balaban J connectivity index is 1.48. The molecule has 0 spiro atoms. The lowest BCUT2D eigenvalue weighted by molar-refractivity contribution is -0.117. The predicted octanol–water partition coefficient (Wildman–Crippen LogP) is 3.66. The van der Waals surface area contributed by atoms with Crippen LogP contribution in [0.15, 0.2) is 54.6 Å². The zero-order valence-corrected chi connectivity index (χ0v) is 15.2. The van der Waals surface area contributed by atoms with Crippen LogP contribution in [0.25, 0.3) is 0 Å². The second-order valence-corrected chi connectivity index (χ2v) is 6.83. The van der Waals surface area contributed by atoms with Crippen LogP contribution >= 0.6 is 11.6 Å². The Labute approximate surface area is 154 Å². The molecule has 1 heterocycles. The monoisotopic (exact) mass is 357 g/mol. The fraction of sp³-hybridized carbons (Fsp3) is 0.350. The number of rotatable bonds is 5. The largest absolute Gasteiger partial charge is 0.324 e. The average Bonchev–Trinajstić information content (AvgIpc) is 2.64. The summed E-state index contributed by atoms with van der Waals surface area (Å²) in [7, 11) is 0. The van der Waals surface area contributed by atoms with Gasteiger partial charge in [-0.15, -0.1) is 0 Å². The smallest absolute Gasteiger partial charge is 0.238 e. The van der Waals surface area contributed by atoms with Crippen LogP contribution in [0.2, 0.25) is 5.02 Å². The van der Waals surface area contributed by atoms with Crippen LogP contribution in [0.4, 0.5) is 5.69 Å². The lowest BCUT2D eigenvalue weighted by Crippen LogP contribution is -2.49. The molecule has 0 aliphatic carbocycles. The van der Waals surface area contributed by atoms with E-state index in [4.69, 9.17) is 11.6 Å². The van der Waals surface area contributed by atoms with Crippen molar-refractivity contribution in [2.45, 2.75) is 13.0 Å². The maximum Gasteiger partial charge on any atom is 0.238 e. The van der Waals surface area contributed by atoms with Gasteiger partial charge in [0.2, 0.25) is 5.91 Å². The van der Waals surface area contributed by atoms with E-state index < -0.39 is 0 Å². The topological polar surface area (TPSA) is 35.6 Å². The van der Waals surface area contributed by atoms with Crippen molar-refractivity contribution in [2.75, 3.05) is 38.0 Å². The third-order valence-corrected chi connectivity index (χ3v) is 5.08. The highest BCUT2D eigenvalue weighted by Gasteiger charge is 2.23. The van der Waals surface area contributed by atoms with Gasteiger partial charge >= 0.3 is 0 Å². The molecule has 1 amide bonds. The Morgan fingerprint density at radius 1 is 1.04 bits per heavy atom. The molecule has 0 saturated carbocycles. The molecule has 2 aromatic rings. The van der Waals surface area contributed by atoms with Gasteiger partial charge in [0.25, 0.3) is 0 Å². The molecular formula is C20H24ClN3O. The molecule has 4 nitrogen and oxygen atoms in total. The van der Waals surface area contributed by atoms with Gasteiger partial charge in [0.1, 0.15) is 0 Å². The van der Waals surface area contributed by atoms with E-state index in [1.54, 1.807) is 6.07 Å².